The van der Waals surface area contributed by atoms with Crippen molar-refractivity contribution in [3.05, 3.63) is 60.4 Å². The van der Waals surface area contributed by atoms with Gasteiger partial charge in [-0.3, -0.25) is 4.79 Å². The van der Waals surface area contributed by atoms with Crippen molar-refractivity contribution < 1.29 is 18.7 Å². The van der Waals surface area contributed by atoms with Gasteiger partial charge in [0, 0.05) is 25.1 Å². The fourth-order valence-electron chi connectivity index (χ4n) is 3.02. The van der Waals surface area contributed by atoms with Gasteiger partial charge in [-0.2, -0.15) is 0 Å². The van der Waals surface area contributed by atoms with Crippen LogP contribution in [0.4, 0.5) is 0 Å². The highest BCUT2D eigenvalue weighted by molar-refractivity contribution is 7.99. The molecule has 8 heteroatoms. The maximum Gasteiger partial charge on any atom is 0.330 e. The lowest BCUT2D eigenvalue weighted by Gasteiger charge is -2.25. The third-order valence-corrected chi connectivity index (χ3v) is 5.48. The first kappa shape index (κ1) is 16.7. The lowest BCUT2D eigenvalue weighted by atomic mass is 10.2. The molecule has 4 heterocycles. The second-order valence-corrected chi connectivity index (χ2v) is 7.06. The quantitative estimate of drug-likeness (QED) is 0.656. The molecule has 0 aliphatic carbocycles. The van der Waals surface area contributed by atoms with Crippen LogP contribution in [0.1, 0.15) is 23.8 Å². The van der Waals surface area contributed by atoms with Crippen molar-refractivity contribution in [3.8, 4) is 0 Å². The van der Waals surface area contributed by atoms with Crippen LogP contribution in [0.5, 0.6) is 0 Å². The van der Waals surface area contributed by atoms with Crippen LogP contribution in [-0.4, -0.2) is 38.0 Å². The topological polar surface area (TPSA) is 77.0 Å². The Morgan fingerprint density at radius 3 is 2.96 bits per heavy atom. The largest absolute Gasteiger partial charge is 0.466 e. The van der Waals surface area contributed by atoms with E-state index in [0.29, 0.717) is 17.2 Å². The fraction of sp³-hybridized carbons (Fsp3) is 0.278. The molecule has 1 fully saturated rings. The van der Waals surface area contributed by atoms with Crippen LogP contribution in [0.3, 0.4) is 0 Å². The fourth-order valence-corrected chi connectivity index (χ4v) is 4.44. The molecular weight excluding hydrogens is 354 g/mol. The summed E-state index contributed by atoms with van der Waals surface area (Å²) in [4.78, 5) is 30.6. The number of carbonyl (C=O) groups excluding carboxylic acids is 2. The van der Waals surface area contributed by atoms with E-state index in [9.17, 15) is 9.59 Å². The summed E-state index contributed by atoms with van der Waals surface area (Å²) in [6.07, 6.45) is 5.26. The molecule has 0 N–H and O–H groups in total. The van der Waals surface area contributed by atoms with E-state index in [2.05, 4.69) is 4.98 Å². The van der Waals surface area contributed by atoms with Gasteiger partial charge in [-0.1, -0.05) is 6.07 Å². The summed E-state index contributed by atoms with van der Waals surface area (Å²) >= 11 is 1.49. The number of furan rings is 1. The molecule has 0 bridgehead atoms. The van der Waals surface area contributed by atoms with Crippen molar-refractivity contribution >= 4 is 29.3 Å². The third-order valence-electron chi connectivity index (χ3n) is 4.20. The molecule has 1 amide bonds. The Morgan fingerprint density at radius 2 is 2.23 bits per heavy atom. The van der Waals surface area contributed by atoms with Crippen molar-refractivity contribution in [2.45, 2.75) is 24.9 Å². The highest BCUT2D eigenvalue weighted by Crippen LogP contribution is 2.41. The zero-order valence-electron chi connectivity index (χ0n) is 14.1. The van der Waals surface area contributed by atoms with Crippen LogP contribution in [0.15, 0.2) is 53.4 Å². The molecule has 3 aromatic heterocycles. The summed E-state index contributed by atoms with van der Waals surface area (Å²) in [6.45, 7) is 1.52. The number of thioether (sulfide) groups is 1. The summed E-state index contributed by atoms with van der Waals surface area (Å²) in [5, 5.41) is -0.310. The first-order valence-corrected chi connectivity index (χ1v) is 9.21. The normalized spacial score (nSPS) is 19.8. The maximum absolute atomic E-state index is 12.6. The van der Waals surface area contributed by atoms with Crippen molar-refractivity contribution in [3.63, 3.8) is 0 Å². The Kier molecular flexibility index (Phi) is 4.42. The number of hydrogen-bond acceptors (Lipinski definition) is 6. The van der Waals surface area contributed by atoms with E-state index in [0.717, 1.165) is 5.65 Å². The van der Waals surface area contributed by atoms with Gasteiger partial charge in [0.15, 0.2) is 0 Å². The van der Waals surface area contributed by atoms with Crippen molar-refractivity contribution in [1.29, 1.82) is 0 Å². The van der Waals surface area contributed by atoms with E-state index in [4.69, 9.17) is 9.15 Å². The molecule has 0 saturated carbocycles. The highest BCUT2D eigenvalue weighted by atomic mass is 32.2. The van der Waals surface area contributed by atoms with Crippen LogP contribution in [0, 0.1) is 0 Å². The Hall–Kier alpha value is -2.74. The monoisotopic (exact) mass is 371 g/mol. The van der Waals surface area contributed by atoms with E-state index in [-0.39, 0.29) is 17.9 Å². The highest BCUT2D eigenvalue weighted by Gasteiger charge is 2.43. The predicted molar refractivity (Wildman–Crippen MR) is 95.2 cm³/mol. The van der Waals surface area contributed by atoms with Crippen molar-refractivity contribution in [2.24, 2.45) is 0 Å². The number of aromatic nitrogens is 2. The second-order valence-electron chi connectivity index (χ2n) is 5.95. The van der Waals surface area contributed by atoms with Gasteiger partial charge in [0.2, 0.25) is 5.91 Å². The molecule has 0 unspecified atom stereocenters. The summed E-state index contributed by atoms with van der Waals surface area (Å²) in [7, 11) is 0. The van der Waals surface area contributed by atoms with Gasteiger partial charge >= 0.3 is 5.97 Å². The zero-order valence-corrected chi connectivity index (χ0v) is 14.9. The molecule has 0 radical (unpaired) electrons. The molecule has 1 aliphatic rings. The van der Waals surface area contributed by atoms with E-state index >= 15 is 0 Å². The lowest BCUT2D eigenvalue weighted by Crippen LogP contribution is -2.42. The van der Waals surface area contributed by atoms with Gasteiger partial charge in [0.1, 0.15) is 29.4 Å². The molecule has 2 atom stereocenters. The van der Waals surface area contributed by atoms with E-state index in [1.54, 1.807) is 18.4 Å². The van der Waals surface area contributed by atoms with Crippen LogP contribution in [-0.2, 0) is 20.9 Å². The Bertz CT molecular complexity index is 904. The number of pyridine rings is 1. The number of hydrogen-bond donors (Lipinski definition) is 0. The van der Waals surface area contributed by atoms with Gasteiger partial charge < -0.3 is 18.5 Å². The predicted octanol–water partition coefficient (Wildman–Crippen LogP) is 2.63. The molecule has 26 heavy (non-hydrogen) atoms. The van der Waals surface area contributed by atoms with Gasteiger partial charge in [0.05, 0.1) is 12.0 Å². The Morgan fingerprint density at radius 1 is 1.35 bits per heavy atom. The SMILES string of the molecule is CC(=O)N1[C@@H](c2ccco2)SC[C@H]1C(=O)OCc1cn2ccccc2n1. The Labute approximate surface area is 153 Å². The third kappa shape index (κ3) is 3.08. The minimum absolute atomic E-state index is 0.0683. The number of fused-ring (bicyclic) bond motifs is 1. The molecule has 1 aliphatic heterocycles. The van der Waals surface area contributed by atoms with Crippen LogP contribution in [0.25, 0.3) is 5.65 Å². The molecule has 1 saturated heterocycles. The first-order chi connectivity index (χ1) is 12.6. The number of rotatable bonds is 4. The number of amides is 1. The van der Waals surface area contributed by atoms with Crippen molar-refractivity contribution in [1.82, 2.24) is 14.3 Å². The van der Waals surface area contributed by atoms with E-state index in [1.807, 2.05) is 35.0 Å². The van der Waals surface area contributed by atoms with Gasteiger partial charge in [0.25, 0.3) is 0 Å². The molecule has 7 nitrogen and oxygen atoms in total. The maximum atomic E-state index is 12.6. The smallest absolute Gasteiger partial charge is 0.330 e. The second kappa shape index (κ2) is 6.87. The molecule has 134 valence electrons. The summed E-state index contributed by atoms with van der Waals surface area (Å²) in [6, 6.07) is 8.61. The summed E-state index contributed by atoms with van der Waals surface area (Å²) in [5.74, 6) is 0.500. The average molecular weight is 371 g/mol. The van der Waals surface area contributed by atoms with Gasteiger partial charge in [-0.25, -0.2) is 9.78 Å². The lowest BCUT2D eigenvalue weighted by molar-refractivity contribution is -0.154. The van der Waals surface area contributed by atoms with Crippen LogP contribution < -0.4 is 0 Å². The van der Waals surface area contributed by atoms with Crippen LogP contribution in [0.2, 0.25) is 0 Å². The number of imidazole rings is 1. The average Bonchev–Trinajstić information content (AvgIpc) is 3.37. The molecule has 3 aromatic rings. The Balaban J connectivity index is 1.46. The summed E-state index contributed by atoms with van der Waals surface area (Å²) in [5.41, 5.74) is 1.45. The molecule has 0 aromatic carbocycles. The number of nitrogens with zero attached hydrogens (tertiary/aromatic N) is 3. The minimum atomic E-state index is -0.635. The standard InChI is InChI=1S/C18H17N3O4S/c1-12(22)21-14(11-26-17(21)15-5-4-8-24-15)18(23)25-10-13-9-20-7-3-2-6-16(20)19-13/h2-9,14,17H,10-11H2,1H3/t14-,17+/m0/s1. The van der Waals surface area contributed by atoms with Gasteiger partial charge in [-0.15, -0.1) is 11.8 Å². The number of carbonyl (C=O) groups is 2. The van der Waals surface area contributed by atoms with Crippen LogP contribution >= 0.6 is 11.8 Å². The van der Waals surface area contributed by atoms with Crippen molar-refractivity contribution in [2.75, 3.05) is 5.75 Å². The first-order valence-electron chi connectivity index (χ1n) is 8.16. The minimum Gasteiger partial charge on any atom is -0.466 e. The van der Waals surface area contributed by atoms with E-state index in [1.165, 1.54) is 23.6 Å². The number of esters is 1. The van der Waals surface area contributed by atoms with E-state index < -0.39 is 12.0 Å². The summed E-state index contributed by atoms with van der Waals surface area (Å²) < 4.78 is 12.7. The molecule has 0 spiro atoms. The zero-order chi connectivity index (χ0) is 18.1. The molecule has 4 rings (SSSR count). The van der Waals surface area contributed by atoms with Gasteiger partial charge in [-0.05, 0) is 24.3 Å². The molecular formula is C18H17N3O4S. The number of ether oxygens (including phenoxy) is 1.